The Bertz CT molecular complexity index is 554. The van der Waals surface area contributed by atoms with Gasteiger partial charge in [-0.1, -0.05) is 6.07 Å². The predicted molar refractivity (Wildman–Crippen MR) is 97.4 cm³/mol. The van der Waals surface area contributed by atoms with Crippen LogP contribution < -0.4 is 9.47 Å². The molecule has 0 aromatic heterocycles. The number of hydrogen-bond donors (Lipinski definition) is 0. The van der Waals surface area contributed by atoms with E-state index in [1.807, 2.05) is 0 Å². The first kappa shape index (κ1) is 17.1. The van der Waals surface area contributed by atoms with E-state index in [1.54, 1.807) is 0 Å². The van der Waals surface area contributed by atoms with Crippen LogP contribution in [0.15, 0.2) is 18.2 Å². The van der Waals surface area contributed by atoms with Crippen molar-refractivity contribution >= 4 is 0 Å². The summed E-state index contributed by atoms with van der Waals surface area (Å²) in [7, 11) is 0. The normalized spacial score (nSPS) is 21.8. The average molecular weight is 346 g/mol. The molecule has 5 heteroatoms. The molecular weight excluding hydrogens is 316 g/mol. The van der Waals surface area contributed by atoms with Crippen molar-refractivity contribution in [2.45, 2.75) is 38.3 Å². The van der Waals surface area contributed by atoms with Crippen molar-refractivity contribution in [3.63, 3.8) is 0 Å². The molecule has 0 spiro atoms. The summed E-state index contributed by atoms with van der Waals surface area (Å²) in [5, 5.41) is 0. The molecule has 3 aliphatic heterocycles. The zero-order valence-corrected chi connectivity index (χ0v) is 15.1. The Morgan fingerprint density at radius 1 is 0.960 bits per heavy atom. The lowest BCUT2D eigenvalue weighted by Crippen LogP contribution is -2.42. The molecule has 138 valence electrons. The van der Waals surface area contributed by atoms with Crippen molar-refractivity contribution < 1.29 is 14.2 Å². The second kappa shape index (κ2) is 8.39. The molecule has 4 rings (SSSR count). The number of likely N-dealkylation sites (tertiary alicyclic amines) is 1. The van der Waals surface area contributed by atoms with Gasteiger partial charge < -0.3 is 19.1 Å². The molecule has 0 atom stereocenters. The summed E-state index contributed by atoms with van der Waals surface area (Å²) < 4.78 is 17.0. The van der Waals surface area contributed by atoms with E-state index < -0.39 is 0 Å². The summed E-state index contributed by atoms with van der Waals surface area (Å²) in [6.07, 6.45) is 5.01. The van der Waals surface area contributed by atoms with Gasteiger partial charge in [-0.2, -0.15) is 0 Å². The second-order valence-corrected chi connectivity index (χ2v) is 7.34. The molecule has 3 aliphatic rings. The van der Waals surface area contributed by atoms with Crippen molar-refractivity contribution in [3.05, 3.63) is 23.8 Å². The van der Waals surface area contributed by atoms with Gasteiger partial charge >= 0.3 is 0 Å². The Kier molecular flexibility index (Phi) is 5.75. The van der Waals surface area contributed by atoms with Crippen LogP contribution in [0.4, 0.5) is 0 Å². The summed E-state index contributed by atoms with van der Waals surface area (Å²) in [5.41, 5.74) is 1.32. The summed E-state index contributed by atoms with van der Waals surface area (Å²) in [4.78, 5) is 5.27. The van der Waals surface area contributed by atoms with Crippen LogP contribution in [0.2, 0.25) is 0 Å². The fraction of sp³-hybridized carbons (Fsp3) is 0.700. The quantitative estimate of drug-likeness (QED) is 0.791. The smallest absolute Gasteiger partial charge is 0.161 e. The first-order chi connectivity index (χ1) is 12.4. The second-order valence-electron chi connectivity index (χ2n) is 7.34. The third kappa shape index (κ3) is 4.46. The van der Waals surface area contributed by atoms with E-state index in [0.29, 0.717) is 19.3 Å². The fourth-order valence-electron chi connectivity index (χ4n) is 4.14. The molecule has 25 heavy (non-hydrogen) atoms. The highest BCUT2D eigenvalue weighted by Crippen LogP contribution is 2.31. The molecule has 5 nitrogen and oxygen atoms in total. The molecule has 0 N–H and O–H groups in total. The summed E-state index contributed by atoms with van der Waals surface area (Å²) in [5.74, 6) is 1.78. The van der Waals surface area contributed by atoms with E-state index in [0.717, 1.165) is 50.6 Å². The van der Waals surface area contributed by atoms with Crippen LogP contribution in [0.5, 0.6) is 11.5 Å². The number of ether oxygens (including phenoxy) is 3. The lowest BCUT2D eigenvalue weighted by atomic mass is 10.1. The highest BCUT2D eigenvalue weighted by molar-refractivity contribution is 5.43. The SMILES string of the molecule is c1cc2c(cc1CN(CCN1CCCC1)C1CCOCC1)OCCO2. The monoisotopic (exact) mass is 346 g/mol. The third-order valence-corrected chi connectivity index (χ3v) is 5.60. The molecule has 0 aliphatic carbocycles. The molecule has 1 aromatic rings. The van der Waals surface area contributed by atoms with Gasteiger partial charge in [0.1, 0.15) is 13.2 Å². The van der Waals surface area contributed by atoms with Gasteiger partial charge in [-0.25, -0.2) is 0 Å². The molecule has 2 fully saturated rings. The van der Waals surface area contributed by atoms with Crippen LogP contribution in [-0.2, 0) is 11.3 Å². The van der Waals surface area contributed by atoms with Gasteiger partial charge in [-0.3, -0.25) is 4.90 Å². The first-order valence-electron chi connectivity index (χ1n) is 9.81. The van der Waals surface area contributed by atoms with E-state index in [-0.39, 0.29) is 0 Å². The molecule has 0 radical (unpaired) electrons. The van der Waals surface area contributed by atoms with Crippen LogP contribution in [-0.4, -0.2) is 68.4 Å². The van der Waals surface area contributed by atoms with Crippen molar-refractivity contribution in [1.29, 1.82) is 0 Å². The number of fused-ring (bicyclic) bond motifs is 1. The maximum absolute atomic E-state index is 5.76. The van der Waals surface area contributed by atoms with Gasteiger partial charge in [0.05, 0.1) is 0 Å². The molecule has 0 bridgehead atoms. The Morgan fingerprint density at radius 2 is 1.72 bits per heavy atom. The standard InChI is InChI=1S/C20H30N2O3/c1-2-8-21(7-1)9-10-22(18-5-11-23-12-6-18)16-17-3-4-19-20(15-17)25-14-13-24-19/h3-4,15,18H,1-2,5-14,16H2. The topological polar surface area (TPSA) is 34.2 Å². The van der Waals surface area contributed by atoms with Crippen LogP contribution in [0, 0.1) is 0 Å². The van der Waals surface area contributed by atoms with Crippen molar-refractivity contribution in [2.24, 2.45) is 0 Å². The van der Waals surface area contributed by atoms with Gasteiger partial charge in [0.15, 0.2) is 11.5 Å². The summed E-state index contributed by atoms with van der Waals surface area (Å²) in [6, 6.07) is 7.04. The molecule has 1 aromatic carbocycles. The fourth-order valence-corrected chi connectivity index (χ4v) is 4.14. The lowest BCUT2D eigenvalue weighted by molar-refractivity contribution is 0.0280. The number of rotatable bonds is 6. The van der Waals surface area contributed by atoms with Gasteiger partial charge in [-0.05, 0) is 56.5 Å². The molecule has 3 heterocycles. The Hall–Kier alpha value is -1.30. The van der Waals surface area contributed by atoms with Gasteiger partial charge in [0.2, 0.25) is 0 Å². The van der Waals surface area contributed by atoms with Gasteiger partial charge in [0.25, 0.3) is 0 Å². The highest BCUT2D eigenvalue weighted by Gasteiger charge is 2.23. The molecule has 0 saturated carbocycles. The van der Waals surface area contributed by atoms with Gasteiger partial charge in [-0.15, -0.1) is 0 Å². The molecule has 0 unspecified atom stereocenters. The maximum Gasteiger partial charge on any atom is 0.161 e. The number of benzene rings is 1. The number of nitrogens with zero attached hydrogens (tertiary/aromatic N) is 2. The zero-order chi connectivity index (χ0) is 16.9. The minimum absolute atomic E-state index is 0.629. The van der Waals surface area contributed by atoms with Crippen LogP contribution >= 0.6 is 0 Å². The first-order valence-corrected chi connectivity index (χ1v) is 9.81. The lowest BCUT2D eigenvalue weighted by Gasteiger charge is -2.35. The predicted octanol–water partition coefficient (Wildman–Crippen LogP) is 2.53. The zero-order valence-electron chi connectivity index (χ0n) is 15.1. The number of hydrogen-bond acceptors (Lipinski definition) is 5. The van der Waals surface area contributed by atoms with Crippen molar-refractivity contribution in [1.82, 2.24) is 9.80 Å². The summed E-state index contributed by atoms with van der Waals surface area (Å²) >= 11 is 0. The highest BCUT2D eigenvalue weighted by atomic mass is 16.6. The van der Waals surface area contributed by atoms with E-state index in [9.17, 15) is 0 Å². The Balaban J connectivity index is 1.42. The van der Waals surface area contributed by atoms with E-state index in [2.05, 4.69) is 28.0 Å². The van der Waals surface area contributed by atoms with Crippen LogP contribution in [0.3, 0.4) is 0 Å². The van der Waals surface area contributed by atoms with E-state index >= 15 is 0 Å². The minimum atomic E-state index is 0.629. The van der Waals surface area contributed by atoms with E-state index in [4.69, 9.17) is 14.2 Å². The van der Waals surface area contributed by atoms with E-state index in [1.165, 1.54) is 38.0 Å². The van der Waals surface area contributed by atoms with Crippen molar-refractivity contribution in [3.8, 4) is 11.5 Å². The molecule has 2 saturated heterocycles. The molecular formula is C20H30N2O3. The maximum atomic E-state index is 5.76. The Morgan fingerprint density at radius 3 is 2.52 bits per heavy atom. The molecule has 0 amide bonds. The van der Waals surface area contributed by atoms with Crippen molar-refractivity contribution in [2.75, 3.05) is 52.6 Å². The Labute approximate surface area is 150 Å². The summed E-state index contributed by atoms with van der Waals surface area (Å²) in [6.45, 7) is 8.93. The van der Waals surface area contributed by atoms with Gasteiger partial charge in [0, 0.05) is 38.9 Å². The average Bonchev–Trinajstić information content (AvgIpc) is 3.19. The van der Waals surface area contributed by atoms with Crippen LogP contribution in [0.25, 0.3) is 0 Å². The third-order valence-electron chi connectivity index (χ3n) is 5.60. The largest absolute Gasteiger partial charge is 0.486 e. The van der Waals surface area contributed by atoms with Crippen LogP contribution in [0.1, 0.15) is 31.2 Å². The minimum Gasteiger partial charge on any atom is -0.486 e.